The Morgan fingerprint density at radius 2 is 2.28 bits per heavy atom. The van der Waals surface area contributed by atoms with Gasteiger partial charge >= 0.3 is 0 Å². The smallest absolute Gasteiger partial charge is 0.164 e. The average molecular weight is 286 g/mol. The van der Waals surface area contributed by atoms with Crippen LogP contribution >= 0.6 is 11.8 Å². The number of hydrogen-bond acceptors (Lipinski definition) is 5. The summed E-state index contributed by atoms with van der Waals surface area (Å²) in [5.74, 6) is 1.63. The number of benzene rings is 1. The van der Waals surface area contributed by atoms with Crippen LogP contribution in [0.4, 0.5) is 5.69 Å². The van der Waals surface area contributed by atoms with Gasteiger partial charge < -0.3 is 5.73 Å². The Kier molecular flexibility index (Phi) is 4.19. The minimum atomic E-state index is -3.03. The molecule has 1 heterocycles. The normalized spacial score (nSPS) is 21.9. The van der Waals surface area contributed by atoms with Gasteiger partial charge in [0.25, 0.3) is 0 Å². The standard InChI is InChI=1S/C12H18N2O2S2/c1-18(15,16)12-9-17-6-5-14(12)8-10-3-2-4-11(13)7-10/h2-4,7,12H,5-6,8-9,13H2,1H3. The molecule has 100 valence electrons. The number of nitrogens with zero attached hydrogens (tertiary/aromatic N) is 1. The molecule has 2 rings (SSSR count). The van der Waals surface area contributed by atoms with Crippen molar-refractivity contribution in [3.63, 3.8) is 0 Å². The molecule has 6 heteroatoms. The predicted molar refractivity (Wildman–Crippen MR) is 77.2 cm³/mol. The van der Waals surface area contributed by atoms with Crippen molar-refractivity contribution < 1.29 is 8.42 Å². The van der Waals surface area contributed by atoms with E-state index in [9.17, 15) is 8.42 Å². The highest BCUT2D eigenvalue weighted by molar-refractivity contribution is 8.00. The van der Waals surface area contributed by atoms with Crippen molar-refractivity contribution in [1.82, 2.24) is 4.90 Å². The van der Waals surface area contributed by atoms with Crippen LogP contribution in [-0.4, -0.2) is 43.0 Å². The lowest BCUT2D eigenvalue weighted by Gasteiger charge is -2.34. The first kappa shape index (κ1) is 13.7. The van der Waals surface area contributed by atoms with E-state index in [1.807, 2.05) is 29.2 Å². The lowest BCUT2D eigenvalue weighted by molar-refractivity contribution is 0.262. The second-order valence-electron chi connectivity index (χ2n) is 4.57. The highest BCUT2D eigenvalue weighted by Gasteiger charge is 2.30. The van der Waals surface area contributed by atoms with Crippen molar-refractivity contribution in [2.45, 2.75) is 11.9 Å². The highest BCUT2D eigenvalue weighted by Crippen LogP contribution is 2.22. The first-order chi connectivity index (χ1) is 8.47. The Morgan fingerprint density at radius 1 is 1.50 bits per heavy atom. The number of hydrogen-bond donors (Lipinski definition) is 1. The third-order valence-corrected chi connectivity index (χ3v) is 5.71. The van der Waals surface area contributed by atoms with E-state index in [0.717, 1.165) is 23.5 Å². The molecule has 4 nitrogen and oxygen atoms in total. The van der Waals surface area contributed by atoms with Crippen molar-refractivity contribution in [1.29, 1.82) is 0 Å². The molecule has 2 N–H and O–H groups in total. The number of thioether (sulfide) groups is 1. The van der Waals surface area contributed by atoms with Crippen molar-refractivity contribution in [2.75, 3.05) is 30.0 Å². The van der Waals surface area contributed by atoms with Crippen LogP contribution in [0.5, 0.6) is 0 Å². The molecular formula is C12H18N2O2S2. The van der Waals surface area contributed by atoms with Crippen LogP contribution in [0.1, 0.15) is 5.56 Å². The van der Waals surface area contributed by atoms with Crippen molar-refractivity contribution >= 4 is 27.3 Å². The monoisotopic (exact) mass is 286 g/mol. The van der Waals surface area contributed by atoms with Crippen LogP contribution in [0.25, 0.3) is 0 Å². The van der Waals surface area contributed by atoms with Gasteiger partial charge in [0.2, 0.25) is 0 Å². The van der Waals surface area contributed by atoms with Gasteiger partial charge in [0.1, 0.15) is 5.37 Å². The second-order valence-corrected chi connectivity index (χ2v) is 7.93. The zero-order valence-electron chi connectivity index (χ0n) is 10.4. The van der Waals surface area contributed by atoms with E-state index >= 15 is 0 Å². The van der Waals surface area contributed by atoms with E-state index < -0.39 is 9.84 Å². The summed E-state index contributed by atoms with van der Waals surface area (Å²) in [6.07, 6.45) is 1.32. The molecule has 0 saturated carbocycles. The third-order valence-electron chi connectivity index (χ3n) is 3.02. The first-order valence-electron chi connectivity index (χ1n) is 5.82. The van der Waals surface area contributed by atoms with Gasteiger partial charge in [-0.1, -0.05) is 12.1 Å². The topological polar surface area (TPSA) is 63.4 Å². The Bertz CT molecular complexity index is 517. The fourth-order valence-electron chi connectivity index (χ4n) is 2.12. The van der Waals surface area contributed by atoms with Crippen LogP contribution in [0, 0.1) is 0 Å². The van der Waals surface area contributed by atoms with Gasteiger partial charge in [-0.15, -0.1) is 0 Å². The molecule has 0 bridgehead atoms. The largest absolute Gasteiger partial charge is 0.399 e. The molecule has 0 radical (unpaired) electrons. The van der Waals surface area contributed by atoms with Crippen LogP contribution in [0.15, 0.2) is 24.3 Å². The summed E-state index contributed by atoms with van der Waals surface area (Å²) in [6, 6.07) is 7.63. The molecule has 1 aromatic carbocycles. The molecule has 0 spiro atoms. The van der Waals surface area contributed by atoms with E-state index in [1.54, 1.807) is 11.8 Å². The Hall–Kier alpha value is -0.720. The maximum atomic E-state index is 11.8. The number of sulfone groups is 1. The average Bonchev–Trinajstić information content (AvgIpc) is 2.28. The molecule has 18 heavy (non-hydrogen) atoms. The number of anilines is 1. The van der Waals surface area contributed by atoms with Crippen molar-refractivity contribution in [2.24, 2.45) is 0 Å². The Balaban J connectivity index is 2.15. The van der Waals surface area contributed by atoms with Crippen molar-refractivity contribution in [3.8, 4) is 0 Å². The van der Waals surface area contributed by atoms with Gasteiger partial charge in [-0.3, -0.25) is 4.90 Å². The molecular weight excluding hydrogens is 268 g/mol. The molecule has 1 aliphatic heterocycles. The van der Waals surface area contributed by atoms with Gasteiger partial charge in [-0.25, -0.2) is 8.42 Å². The van der Waals surface area contributed by atoms with E-state index in [-0.39, 0.29) is 5.37 Å². The molecule has 1 saturated heterocycles. The Morgan fingerprint density at radius 3 is 2.94 bits per heavy atom. The lowest BCUT2D eigenvalue weighted by Crippen LogP contribution is -2.46. The minimum Gasteiger partial charge on any atom is -0.399 e. The summed E-state index contributed by atoms with van der Waals surface area (Å²) in [6.45, 7) is 1.44. The summed E-state index contributed by atoms with van der Waals surface area (Å²) in [5.41, 5.74) is 7.53. The summed E-state index contributed by atoms with van der Waals surface area (Å²) >= 11 is 1.70. The molecule has 1 aromatic rings. The zero-order chi connectivity index (χ0) is 13.2. The number of nitrogen functional groups attached to an aromatic ring is 1. The third kappa shape index (κ3) is 3.40. The second kappa shape index (κ2) is 5.50. The Labute approximate surface area is 112 Å². The lowest BCUT2D eigenvalue weighted by atomic mass is 10.2. The molecule has 1 aliphatic rings. The van der Waals surface area contributed by atoms with E-state index in [1.165, 1.54) is 6.26 Å². The molecule has 0 amide bonds. The fourth-order valence-corrected chi connectivity index (χ4v) is 5.06. The maximum absolute atomic E-state index is 11.8. The van der Waals surface area contributed by atoms with Gasteiger partial charge in [-0.2, -0.15) is 11.8 Å². The highest BCUT2D eigenvalue weighted by atomic mass is 32.2. The predicted octanol–water partition coefficient (Wildman–Crippen LogP) is 1.19. The van der Waals surface area contributed by atoms with E-state index in [2.05, 4.69) is 0 Å². The fraction of sp³-hybridized carbons (Fsp3) is 0.500. The molecule has 0 aromatic heterocycles. The summed E-state index contributed by atoms with van der Waals surface area (Å²) in [4.78, 5) is 2.03. The summed E-state index contributed by atoms with van der Waals surface area (Å²) in [5, 5.41) is -0.377. The molecule has 1 unspecified atom stereocenters. The molecule has 0 aliphatic carbocycles. The van der Waals surface area contributed by atoms with Gasteiger partial charge in [0.05, 0.1) is 0 Å². The van der Waals surface area contributed by atoms with Crippen molar-refractivity contribution in [3.05, 3.63) is 29.8 Å². The van der Waals surface area contributed by atoms with E-state index in [4.69, 9.17) is 5.73 Å². The summed E-state index contributed by atoms with van der Waals surface area (Å²) < 4.78 is 23.5. The minimum absolute atomic E-state index is 0.377. The van der Waals surface area contributed by atoms with Gasteiger partial charge in [-0.05, 0) is 17.7 Å². The quantitative estimate of drug-likeness (QED) is 0.846. The van der Waals surface area contributed by atoms with Crippen LogP contribution < -0.4 is 5.73 Å². The zero-order valence-corrected chi connectivity index (χ0v) is 12.0. The van der Waals surface area contributed by atoms with Gasteiger partial charge in [0, 0.05) is 36.5 Å². The molecule has 1 fully saturated rings. The number of rotatable bonds is 3. The van der Waals surface area contributed by atoms with E-state index in [0.29, 0.717) is 12.3 Å². The first-order valence-corrected chi connectivity index (χ1v) is 8.93. The van der Waals surface area contributed by atoms with Gasteiger partial charge in [0.15, 0.2) is 9.84 Å². The van der Waals surface area contributed by atoms with Crippen LogP contribution in [-0.2, 0) is 16.4 Å². The molecule has 1 atom stereocenters. The number of nitrogens with two attached hydrogens (primary N) is 1. The van der Waals surface area contributed by atoms with Crippen LogP contribution in [0.3, 0.4) is 0 Å². The maximum Gasteiger partial charge on any atom is 0.164 e. The SMILES string of the molecule is CS(=O)(=O)C1CSCCN1Cc1cccc(N)c1. The summed E-state index contributed by atoms with van der Waals surface area (Å²) in [7, 11) is -3.03. The van der Waals surface area contributed by atoms with Crippen LogP contribution in [0.2, 0.25) is 0 Å².